The van der Waals surface area contributed by atoms with Crippen LogP contribution in [0.5, 0.6) is 11.6 Å². The maximum absolute atomic E-state index is 11.3. The maximum atomic E-state index is 11.3. The van der Waals surface area contributed by atoms with Crippen LogP contribution in [0.2, 0.25) is 5.02 Å². The van der Waals surface area contributed by atoms with Crippen LogP contribution in [0, 0.1) is 10.1 Å². The van der Waals surface area contributed by atoms with Crippen molar-refractivity contribution in [1.29, 1.82) is 0 Å². The van der Waals surface area contributed by atoms with Crippen LogP contribution in [-0.4, -0.2) is 28.0 Å². The van der Waals surface area contributed by atoms with E-state index in [2.05, 4.69) is 14.7 Å². The lowest BCUT2D eigenvalue weighted by molar-refractivity contribution is -0.384. The van der Waals surface area contributed by atoms with Gasteiger partial charge in [-0.05, 0) is 6.07 Å². The van der Waals surface area contributed by atoms with E-state index in [9.17, 15) is 14.9 Å². The highest BCUT2D eigenvalue weighted by atomic mass is 35.5. The molecule has 0 spiro atoms. The van der Waals surface area contributed by atoms with E-state index in [1.54, 1.807) is 0 Å². The summed E-state index contributed by atoms with van der Waals surface area (Å²) >= 11 is 5.89. The van der Waals surface area contributed by atoms with E-state index in [-0.39, 0.29) is 28.0 Å². The topological polar surface area (TPSA) is 104 Å². The van der Waals surface area contributed by atoms with E-state index < -0.39 is 10.9 Å². The van der Waals surface area contributed by atoms with Crippen molar-refractivity contribution >= 4 is 23.3 Å². The second-order valence-corrected chi connectivity index (χ2v) is 4.12. The van der Waals surface area contributed by atoms with Crippen LogP contribution in [0.15, 0.2) is 30.6 Å². The molecule has 0 saturated carbocycles. The minimum atomic E-state index is -0.682. The zero-order valence-electron chi connectivity index (χ0n) is 10.6. The van der Waals surface area contributed by atoms with Gasteiger partial charge in [0.25, 0.3) is 5.69 Å². The van der Waals surface area contributed by atoms with E-state index in [0.717, 1.165) is 6.07 Å². The van der Waals surface area contributed by atoms with E-state index >= 15 is 0 Å². The molecule has 0 amide bonds. The van der Waals surface area contributed by atoms with Gasteiger partial charge in [-0.25, -0.2) is 9.78 Å². The molecular weight excluding hydrogens is 302 g/mol. The Balaban J connectivity index is 2.32. The van der Waals surface area contributed by atoms with Crippen molar-refractivity contribution in [3.05, 3.63) is 51.4 Å². The molecule has 1 heterocycles. The molecule has 2 aromatic rings. The molecule has 9 heteroatoms. The number of nitrogens with zero attached hydrogens (tertiary/aromatic N) is 3. The number of halogens is 1. The summed E-state index contributed by atoms with van der Waals surface area (Å²) in [5, 5.41) is 10.9. The van der Waals surface area contributed by atoms with Crippen molar-refractivity contribution in [3.63, 3.8) is 0 Å². The first-order chi connectivity index (χ1) is 10.0. The molecule has 0 fully saturated rings. The fourth-order valence-electron chi connectivity index (χ4n) is 1.40. The van der Waals surface area contributed by atoms with Crippen molar-refractivity contribution in [2.45, 2.75) is 0 Å². The molecule has 0 aliphatic heterocycles. The summed E-state index contributed by atoms with van der Waals surface area (Å²) in [4.78, 5) is 29.1. The van der Waals surface area contributed by atoms with Gasteiger partial charge < -0.3 is 9.47 Å². The number of carbonyl (C=O) groups excluding carboxylic acids is 1. The van der Waals surface area contributed by atoms with Crippen LogP contribution < -0.4 is 4.74 Å². The van der Waals surface area contributed by atoms with E-state index in [1.165, 1.54) is 31.6 Å². The average molecular weight is 310 g/mol. The molecule has 108 valence electrons. The zero-order valence-corrected chi connectivity index (χ0v) is 11.4. The third-order valence-corrected chi connectivity index (χ3v) is 2.66. The lowest BCUT2D eigenvalue weighted by Gasteiger charge is -2.06. The van der Waals surface area contributed by atoms with Gasteiger partial charge in [-0.1, -0.05) is 11.6 Å². The number of methoxy groups -OCH3 is 1. The summed E-state index contributed by atoms with van der Waals surface area (Å²) in [6, 6.07) is 3.72. The summed E-state index contributed by atoms with van der Waals surface area (Å²) < 4.78 is 9.82. The van der Waals surface area contributed by atoms with E-state index in [1.807, 2.05) is 0 Å². The Bertz CT molecular complexity index is 707. The van der Waals surface area contributed by atoms with Crippen molar-refractivity contribution in [2.24, 2.45) is 0 Å². The van der Waals surface area contributed by atoms with E-state index in [0.29, 0.717) is 0 Å². The highest BCUT2D eigenvalue weighted by Crippen LogP contribution is 2.31. The van der Waals surface area contributed by atoms with Gasteiger partial charge in [0.05, 0.1) is 35.5 Å². The van der Waals surface area contributed by atoms with Gasteiger partial charge in [0.1, 0.15) is 0 Å². The molecule has 0 radical (unpaired) electrons. The molecule has 1 aromatic carbocycles. The second-order valence-electron chi connectivity index (χ2n) is 3.71. The van der Waals surface area contributed by atoms with Gasteiger partial charge in [0, 0.05) is 6.07 Å². The monoisotopic (exact) mass is 309 g/mol. The highest BCUT2D eigenvalue weighted by Gasteiger charge is 2.14. The number of esters is 1. The fourth-order valence-corrected chi connectivity index (χ4v) is 1.55. The van der Waals surface area contributed by atoms with Gasteiger partial charge in [-0.15, -0.1) is 0 Å². The number of ether oxygens (including phenoxy) is 2. The zero-order chi connectivity index (χ0) is 15.4. The number of rotatable bonds is 4. The Morgan fingerprint density at radius 3 is 2.81 bits per heavy atom. The number of carbonyl (C=O) groups is 1. The van der Waals surface area contributed by atoms with Crippen LogP contribution >= 0.6 is 11.6 Å². The Labute approximate surface area is 123 Å². The quantitative estimate of drug-likeness (QED) is 0.485. The SMILES string of the molecule is COC(=O)c1cncc(Oc2cc([N+](=O)[O-])ccc2Cl)n1. The van der Waals surface area contributed by atoms with Crippen LogP contribution in [0.25, 0.3) is 0 Å². The number of nitro benzene ring substituents is 1. The predicted octanol–water partition coefficient (Wildman–Crippen LogP) is 2.62. The summed E-state index contributed by atoms with van der Waals surface area (Å²) in [5.74, 6) is -0.694. The summed E-state index contributed by atoms with van der Waals surface area (Å²) in [6.07, 6.45) is 2.44. The Hall–Kier alpha value is -2.74. The van der Waals surface area contributed by atoms with Crippen molar-refractivity contribution in [1.82, 2.24) is 9.97 Å². The standard InChI is InChI=1S/C12H8ClN3O5/c1-20-12(17)9-5-14-6-11(15-9)21-10-4-7(16(18)19)2-3-8(10)13/h2-6H,1H3. The van der Waals surface area contributed by atoms with Gasteiger partial charge in [-0.3, -0.25) is 15.1 Å². The average Bonchev–Trinajstić information content (AvgIpc) is 2.48. The van der Waals surface area contributed by atoms with E-state index in [4.69, 9.17) is 16.3 Å². The van der Waals surface area contributed by atoms with Crippen molar-refractivity contribution in [2.75, 3.05) is 7.11 Å². The Morgan fingerprint density at radius 2 is 2.14 bits per heavy atom. The van der Waals surface area contributed by atoms with Gasteiger partial charge in [-0.2, -0.15) is 0 Å². The molecule has 8 nitrogen and oxygen atoms in total. The normalized spacial score (nSPS) is 10.0. The van der Waals surface area contributed by atoms with Crippen LogP contribution in [0.1, 0.15) is 10.5 Å². The molecule has 0 saturated heterocycles. The first kappa shape index (κ1) is 14.7. The fraction of sp³-hybridized carbons (Fsp3) is 0.0833. The smallest absolute Gasteiger partial charge is 0.358 e. The third-order valence-electron chi connectivity index (χ3n) is 2.35. The predicted molar refractivity (Wildman–Crippen MR) is 71.6 cm³/mol. The second kappa shape index (κ2) is 6.14. The maximum Gasteiger partial charge on any atom is 0.358 e. The van der Waals surface area contributed by atoms with Crippen LogP contribution in [0.3, 0.4) is 0 Å². The van der Waals surface area contributed by atoms with Gasteiger partial charge in [0.2, 0.25) is 5.88 Å². The Morgan fingerprint density at radius 1 is 1.38 bits per heavy atom. The minimum Gasteiger partial charge on any atom is -0.464 e. The molecule has 21 heavy (non-hydrogen) atoms. The molecule has 0 unspecified atom stereocenters. The molecular formula is C12H8ClN3O5. The lowest BCUT2D eigenvalue weighted by atomic mass is 10.3. The minimum absolute atomic E-state index is 0.0298. The highest BCUT2D eigenvalue weighted by molar-refractivity contribution is 6.32. The van der Waals surface area contributed by atoms with Crippen LogP contribution in [0.4, 0.5) is 5.69 Å². The number of aromatic nitrogens is 2. The molecule has 0 aliphatic carbocycles. The van der Waals surface area contributed by atoms with Gasteiger partial charge >= 0.3 is 5.97 Å². The van der Waals surface area contributed by atoms with Crippen LogP contribution in [-0.2, 0) is 4.74 Å². The number of non-ortho nitro benzene ring substituents is 1. The van der Waals surface area contributed by atoms with Crippen molar-refractivity contribution in [3.8, 4) is 11.6 Å². The first-order valence-corrected chi connectivity index (χ1v) is 5.91. The van der Waals surface area contributed by atoms with Crippen molar-refractivity contribution < 1.29 is 19.2 Å². The summed E-state index contributed by atoms with van der Waals surface area (Å²) in [6.45, 7) is 0. The molecule has 0 N–H and O–H groups in total. The third kappa shape index (κ3) is 3.42. The molecule has 2 rings (SSSR count). The lowest BCUT2D eigenvalue weighted by Crippen LogP contribution is -2.05. The van der Waals surface area contributed by atoms with Gasteiger partial charge in [0.15, 0.2) is 11.4 Å². The molecule has 0 atom stereocenters. The first-order valence-electron chi connectivity index (χ1n) is 5.53. The number of hydrogen-bond acceptors (Lipinski definition) is 7. The molecule has 0 bridgehead atoms. The number of hydrogen-bond donors (Lipinski definition) is 0. The number of benzene rings is 1. The summed E-state index contributed by atoms with van der Waals surface area (Å²) in [5.41, 5.74) is -0.247. The number of nitro groups is 1. The molecule has 1 aromatic heterocycles. The largest absolute Gasteiger partial charge is 0.464 e. The Kier molecular flexibility index (Phi) is 4.29. The summed E-state index contributed by atoms with van der Waals surface area (Å²) in [7, 11) is 1.20. The molecule has 0 aliphatic rings.